The van der Waals surface area contributed by atoms with Crippen LogP contribution in [0.2, 0.25) is 10.0 Å². The van der Waals surface area contributed by atoms with Gasteiger partial charge in [0, 0.05) is 23.6 Å². The Labute approximate surface area is 117 Å². The van der Waals surface area contributed by atoms with Gasteiger partial charge in [-0.2, -0.15) is 0 Å². The van der Waals surface area contributed by atoms with E-state index in [9.17, 15) is 0 Å². The number of anilines is 2. The van der Waals surface area contributed by atoms with Crippen LogP contribution in [0.4, 0.5) is 11.4 Å². The van der Waals surface area contributed by atoms with E-state index in [1.807, 2.05) is 43.4 Å². The summed E-state index contributed by atoms with van der Waals surface area (Å²) in [6.45, 7) is 0.685. The molecule has 0 aliphatic heterocycles. The maximum Gasteiger partial charge on any atom is 0.0600 e. The number of nitrogens with two attached hydrogens (primary N) is 1. The third kappa shape index (κ3) is 2.89. The average Bonchev–Trinajstić information content (AvgIpc) is 2.33. The van der Waals surface area contributed by atoms with Crippen molar-refractivity contribution in [3.8, 4) is 0 Å². The van der Waals surface area contributed by atoms with Gasteiger partial charge in [-0.15, -0.1) is 0 Å². The van der Waals surface area contributed by atoms with Crippen LogP contribution >= 0.6 is 23.2 Å². The van der Waals surface area contributed by atoms with E-state index in [1.54, 1.807) is 6.07 Å². The molecule has 94 valence electrons. The van der Waals surface area contributed by atoms with Crippen molar-refractivity contribution in [1.29, 1.82) is 0 Å². The molecule has 2 aromatic carbocycles. The minimum atomic E-state index is 0.644. The van der Waals surface area contributed by atoms with Crippen molar-refractivity contribution in [2.75, 3.05) is 17.7 Å². The molecule has 0 amide bonds. The van der Waals surface area contributed by atoms with Crippen LogP contribution in [-0.4, -0.2) is 7.05 Å². The lowest BCUT2D eigenvalue weighted by Crippen LogP contribution is -2.17. The molecule has 0 saturated heterocycles. The minimum absolute atomic E-state index is 0.644. The quantitative estimate of drug-likeness (QED) is 0.854. The van der Waals surface area contributed by atoms with Gasteiger partial charge >= 0.3 is 0 Å². The Bertz CT molecular complexity index is 555. The number of benzene rings is 2. The molecule has 0 heterocycles. The lowest BCUT2D eigenvalue weighted by Gasteiger charge is -2.21. The Balaban J connectivity index is 2.21. The number of para-hydroxylation sites is 2. The second kappa shape index (κ2) is 5.51. The second-order valence-electron chi connectivity index (χ2n) is 4.15. The first-order chi connectivity index (χ1) is 8.58. The van der Waals surface area contributed by atoms with Crippen LogP contribution in [0.15, 0.2) is 42.5 Å². The Morgan fingerprint density at radius 3 is 2.50 bits per heavy atom. The zero-order valence-corrected chi connectivity index (χ0v) is 11.5. The van der Waals surface area contributed by atoms with Gasteiger partial charge in [0.2, 0.25) is 0 Å². The molecule has 2 aromatic rings. The second-order valence-corrected chi connectivity index (χ2v) is 4.99. The summed E-state index contributed by atoms with van der Waals surface area (Å²) in [5.41, 5.74) is 8.71. The molecule has 0 aromatic heterocycles. The van der Waals surface area contributed by atoms with E-state index in [0.717, 1.165) is 16.9 Å². The zero-order chi connectivity index (χ0) is 13.1. The van der Waals surface area contributed by atoms with Crippen molar-refractivity contribution >= 4 is 34.6 Å². The molecule has 0 aliphatic rings. The summed E-state index contributed by atoms with van der Waals surface area (Å²) in [6.07, 6.45) is 0. The average molecular weight is 281 g/mol. The Morgan fingerprint density at radius 2 is 1.83 bits per heavy atom. The highest BCUT2D eigenvalue weighted by molar-refractivity contribution is 6.35. The van der Waals surface area contributed by atoms with E-state index in [2.05, 4.69) is 4.90 Å². The molecular weight excluding hydrogens is 267 g/mol. The number of hydrogen-bond acceptors (Lipinski definition) is 2. The summed E-state index contributed by atoms with van der Waals surface area (Å²) in [5.74, 6) is 0. The van der Waals surface area contributed by atoms with Gasteiger partial charge in [0.15, 0.2) is 0 Å². The van der Waals surface area contributed by atoms with Crippen molar-refractivity contribution < 1.29 is 0 Å². The molecule has 18 heavy (non-hydrogen) atoms. The van der Waals surface area contributed by atoms with Gasteiger partial charge in [0.05, 0.1) is 11.4 Å². The fourth-order valence-electron chi connectivity index (χ4n) is 1.83. The van der Waals surface area contributed by atoms with Crippen LogP contribution in [-0.2, 0) is 6.54 Å². The molecule has 0 bridgehead atoms. The number of rotatable bonds is 3. The topological polar surface area (TPSA) is 29.3 Å². The molecule has 2 nitrogen and oxygen atoms in total. The van der Waals surface area contributed by atoms with Crippen LogP contribution in [0.3, 0.4) is 0 Å². The summed E-state index contributed by atoms with van der Waals surface area (Å²) < 4.78 is 0. The highest BCUT2D eigenvalue weighted by atomic mass is 35.5. The van der Waals surface area contributed by atoms with E-state index in [1.165, 1.54) is 0 Å². The third-order valence-electron chi connectivity index (χ3n) is 2.77. The Kier molecular flexibility index (Phi) is 4.00. The van der Waals surface area contributed by atoms with Crippen molar-refractivity contribution in [2.45, 2.75) is 6.54 Å². The fraction of sp³-hybridized carbons (Fsp3) is 0.143. The molecule has 0 saturated carbocycles. The van der Waals surface area contributed by atoms with E-state index in [4.69, 9.17) is 28.9 Å². The third-order valence-corrected chi connectivity index (χ3v) is 3.36. The molecule has 4 heteroatoms. The molecule has 0 atom stereocenters. The van der Waals surface area contributed by atoms with Crippen molar-refractivity contribution in [1.82, 2.24) is 0 Å². The molecule has 0 aliphatic carbocycles. The van der Waals surface area contributed by atoms with Crippen LogP contribution < -0.4 is 10.6 Å². The van der Waals surface area contributed by atoms with Crippen molar-refractivity contribution in [3.05, 3.63) is 58.1 Å². The van der Waals surface area contributed by atoms with Crippen molar-refractivity contribution in [2.24, 2.45) is 0 Å². The highest BCUT2D eigenvalue weighted by Gasteiger charge is 2.08. The first kappa shape index (κ1) is 13.1. The van der Waals surface area contributed by atoms with E-state index >= 15 is 0 Å². The van der Waals surface area contributed by atoms with Crippen LogP contribution in [0, 0.1) is 0 Å². The Morgan fingerprint density at radius 1 is 1.11 bits per heavy atom. The van der Waals surface area contributed by atoms with Gasteiger partial charge in [-0.05, 0) is 29.8 Å². The number of hydrogen-bond donors (Lipinski definition) is 1. The Hall–Kier alpha value is -1.38. The maximum atomic E-state index is 6.16. The molecular formula is C14H14Cl2N2. The standard InChI is InChI=1S/C14H14Cl2N2/c1-18(14-5-3-2-4-13(14)17)9-10-6-7-11(15)8-12(10)16/h2-8H,9,17H2,1H3. The summed E-state index contributed by atoms with van der Waals surface area (Å²) in [7, 11) is 1.98. The maximum absolute atomic E-state index is 6.16. The van der Waals surface area contributed by atoms with Crippen LogP contribution in [0.25, 0.3) is 0 Å². The minimum Gasteiger partial charge on any atom is -0.397 e. The predicted octanol–water partition coefficient (Wildman–Crippen LogP) is 4.21. The monoisotopic (exact) mass is 280 g/mol. The first-order valence-electron chi connectivity index (χ1n) is 5.57. The molecule has 0 unspecified atom stereocenters. The summed E-state index contributed by atoms with van der Waals surface area (Å²) in [4.78, 5) is 2.06. The van der Waals surface area contributed by atoms with Crippen LogP contribution in [0.5, 0.6) is 0 Å². The molecule has 2 rings (SSSR count). The van der Waals surface area contributed by atoms with Gasteiger partial charge in [-0.1, -0.05) is 41.4 Å². The largest absolute Gasteiger partial charge is 0.397 e. The normalized spacial score (nSPS) is 10.4. The van der Waals surface area contributed by atoms with Gasteiger partial charge < -0.3 is 10.6 Å². The fourth-order valence-corrected chi connectivity index (χ4v) is 2.29. The number of nitrogen functional groups attached to an aromatic ring is 1. The van der Waals surface area contributed by atoms with Gasteiger partial charge in [0.25, 0.3) is 0 Å². The molecule has 0 spiro atoms. The van der Waals surface area contributed by atoms with Crippen LogP contribution in [0.1, 0.15) is 5.56 Å². The molecule has 0 radical (unpaired) electrons. The SMILES string of the molecule is CN(Cc1ccc(Cl)cc1Cl)c1ccccc1N. The summed E-state index contributed by atoms with van der Waals surface area (Å²) in [5, 5.41) is 1.31. The van der Waals surface area contributed by atoms with Gasteiger partial charge in [-0.25, -0.2) is 0 Å². The van der Waals surface area contributed by atoms with E-state index < -0.39 is 0 Å². The van der Waals surface area contributed by atoms with E-state index in [0.29, 0.717) is 16.6 Å². The van der Waals surface area contributed by atoms with E-state index in [-0.39, 0.29) is 0 Å². The smallest absolute Gasteiger partial charge is 0.0600 e. The first-order valence-corrected chi connectivity index (χ1v) is 6.33. The van der Waals surface area contributed by atoms with Gasteiger partial charge in [-0.3, -0.25) is 0 Å². The summed E-state index contributed by atoms with van der Waals surface area (Å²) >= 11 is 12.0. The summed E-state index contributed by atoms with van der Waals surface area (Å²) in [6, 6.07) is 13.3. The van der Waals surface area contributed by atoms with Crippen molar-refractivity contribution in [3.63, 3.8) is 0 Å². The molecule has 2 N–H and O–H groups in total. The lowest BCUT2D eigenvalue weighted by atomic mass is 10.2. The number of halogens is 2. The number of nitrogens with zero attached hydrogens (tertiary/aromatic N) is 1. The highest BCUT2D eigenvalue weighted by Crippen LogP contribution is 2.26. The lowest BCUT2D eigenvalue weighted by molar-refractivity contribution is 0.925. The van der Waals surface area contributed by atoms with Gasteiger partial charge in [0.1, 0.15) is 0 Å². The molecule has 0 fully saturated rings. The zero-order valence-electron chi connectivity index (χ0n) is 10.0. The predicted molar refractivity (Wildman–Crippen MR) is 79.4 cm³/mol.